The highest BCUT2D eigenvalue weighted by Gasteiger charge is 1.99. The Kier molecular flexibility index (Phi) is 3.61. The summed E-state index contributed by atoms with van der Waals surface area (Å²) in [5.41, 5.74) is 1.07. The SMILES string of the molecule is CCOc1ccccc1CCO. The van der Waals surface area contributed by atoms with E-state index in [1.54, 1.807) is 0 Å². The molecule has 0 unspecified atom stereocenters. The molecule has 2 heteroatoms. The second-order valence-corrected chi connectivity index (χ2v) is 2.51. The highest BCUT2D eigenvalue weighted by molar-refractivity contribution is 5.33. The fraction of sp³-hybridized carbons (Fsp3) is 0.400. The lowest BCUT2D eigenvalue weighted by atomic mass is 10.1. The Morgan fingerprint density at radius 3 is 2.75 bits per heavy atom. The third-order valence-corrected chi connectivity index (χ3v) is 1.65. The van der Waals surface area contributed by atoms with Gasteiger partial charge in [-0.1, -0.05) is 18.2 Å². The van der Waals surface area contributed by atoms with Crippen LogP contribution in [0.25, 0.3) is 0 Å². The van der Waals surface area contributed by atoms with Crippen molar-refractivity contribution in [1.29, 1.82) is 0 Å². The Hall–Kier alpha value is -1.02. The first-order valence-corrected chi connectivity index (χ1v) is 4.20. The normalized spacial score (nSPS) is 9.83. The maximum atomic E-state index is 8.76. The van der Waals surface area contributed by atoms with Crippen LogP contribution in [0.3, 0.4) is 0 Å². The molecule has 12 heavy (non-hydrogen) atoms. The summed E-state index contributed by atoms with van der Waals surface area (Å²) in [6.45, 7) is 2.79. The summed E-state index contributed by atoms with van der Waals surface area (Å²) in [6.07, 6.45) is 0.663. The lowest BCUT2D eigenvalue weighted by Crippen LogP contribution is -1.98. The van der Waals surface area contributed by atoms with Gasteiger partial charge in [0.15, 0.2) is 0 Å². The third kappa shape index (κ3) is 2.24. The van der Waals surface area contributed by atoms with E-state index in [9.17, 15) is 0 Å². The van der Waals surface area contributed by atoms with Gasteiger partial charge in [-0.05, 0) is 25.0 Å². The topological polar surface area (TPSA) is 29.5 Å². The van der Waals surface area contributed by atoms with Crippen LogP contribution in [-0.4, -0.2) is 18.3 Å². The number of hydrogen-bond donors (Lipinski definition) is 1. The molecule has 1 rings (SSSR count). The Bertz CT molecular complexity index is 208. The standard InChI is InChI=1S/C10H14O2/c1-2-12-10-6-4-3-5-9(10)7-8-11/h3-6,11H,2,7-8H2,1H3. The minimum Gasteiger partial charge on any atom is -0.494 e. The van der Waals surface area contributed by atoms with Crippen LogP contribution < -0.4 is 4.74 Å². The molecule has 0 saturated carbocycles. The summed E-state index contributed by atoms with van der Waals surface area (Å²) in [6, 6.07) is 7.79. The van der Waals surface area contributed by atoms with Crippen molar-refractivity contribution in [3.05, 3.63) is 29.8 Å². The van der Waals surface area contributed by atoms with Crippen LogP contribution >= 0.6 is 0 Å². The molecule has 1 aromatic carbocycles. The summed E-state index contributed by atoms with van der Waals surface area (Å²) < 4.78 is 5.38. The van der Waals surface area contributed by atoms with Gasteiger partial charge >= 0.3 is 0 Å². The zero-order valence-corrected chi connectivity index (χ0v) is 7.29. The van der Waals surface area contributed by atoms with Gasteiger partial charge in [-0.15, -0.1) is 0 Å². The number of benzene rings is 1. The summed E-state index contributed by atoms with van der Waals surface area (Å²) in [5.74, 6) is 0.883. The molecule has 0 atom stereocenters. The van der Waals surface area contributed by atoms with Crippen molar-refractivity contribution in [3.63, 3.8) is 0 Å². The van der Waals surface area contributed by atoms with Gasteiger partial charge in [0.25, 0.3) is 0 Å². The number of aliphatic hydroxyl groups is 1. The molecule has 2 nitrogen and oxygen atoms in total. The zero-order valence-electron chi connectivity index (χ0n) is 7.29. The van der Waals surface area contributed by atoms with E-state index in [2.05, 4.69) is 0 Å². The molecule has 0 amide bonds. The van der Waals surface area contributed by atoms with E-state index < -0.39 is 0 Å². The first kappa shape index (κ1) is 9.07. The molecule has 0 aliphatic heterocycles. The third-order valence-electron chi connectivity index (χ3n) is 1.65. The monoisotopic (exact) mass is 166 g/mol. The number of aliphatic hydroxyl groups excluding tert-OH is 1. The zero-order chi connectivity index (χ0) is 8.81. The van der Waals surface area contributed by atoms with E-state index in [0.717, 1.165) is 11.3 Å². The predicted molar refractivity (Wildman–Crippen MR) is 48.4 cm³/mol. The molecule has 0 heterocycles. The average molecular weight is 166 g/mol. The van der Waals surface area contributed by atoms with Crippen molar-refractivity contribution >= 4 is 0 Å². The molecule has 0 radical (unpaired) electrons. The molecule has 66 valence electrons. The van der Waals surface area contributed by atoms with Gasteiger partial charge in [0, 0.05) is 6.61 Å². The van der Waals surface area contributed by atoms with Gasteiger partial charge in [-0.2, -0.15) is 0 Å². The van der Waals surface area contributed by atoms with Crippen molar-refractivity contribution in [2.24, 2.45) is 0 Å². The maximum Gasteiger partial charge on any atom is 0.122 e. The highest BCUT2D eigenvalue weighted by Crippen LogP contribution is 2.17. The smallest absolute Gasteiger partial charge is 0.122 e. The number of ether oxygens (including phenoxy) is 1. The number of hydrogen-bond acceptors (Lipinski definition) is 2. The quantitative estimate of drug-likeness (QED) is 0.736. The van der Waals surface area contributed by atoms with Crippen LogP contribution in [-0.2, 0) is 6.42 Å². The molecule has 0 fully saturated rings. The molecule has 0 bridgehead atoms. The van der Waals surface area contributed by atoms with Gasteiger partial charge in [0.05, 0.1) is 6.61 Å². The van der Waals surface area contributed by atoms with E-state index in [1.807, 2.05) is 31.2 Å². The van der Waals surface area contributed by atoms with E-state index >= 15 is 0 Å². The van der Waals surface area contributed by atoms with Crippen molar-refractivity contribution in [1.82, 2.24) is 0 Å². The molecule has 0 aliphatic rings. The van der Waals surface area contributed by atoms with Gasteiger partial charge in [0.1, 0.15) is 5.75 Å². The van der Waals surface area contributed by atoms with Crippen LogP contribution in [0.1, 0.15) is 12.5 Å². The Morgan fingerprint density at radius 1 is 1.33 bits per heavy atom. The molecule has 0 saturated heterocycles. The molecule has 1 aromatic rings. The second kappa shape index (κ2) is 4.78. The van der Waals surface area contributed by atoms with Crippen molar-refractivity contribution in [2.75, 3.05) is 13.2 Å². The second-order valence-electron chi connectivity index (χ2n) is 2.51. The lowest BCUT2D eigenvalue weighted by molar-refractivity contribution is 0.292. The van der Waals surface area contributed by atoms with E-state index in [-0.39, 0.29) is 6.61 Å². The van der Waals surface area contributed by atoms with Gasteiger partial charge < -0.3 is 9.84 Å². The Labute approximate surface area is 72.8 Å². The van der Waals surface area contributed by atoms with Crippen molar-refractivity contribution in [3.8, 4) is 5.75 Å². The maximum absolute atomic E-state index is 8.76. The highest BCUT2D eigenvalue weighted by atomic mass is 16.5. The average Bonchev–Trinajstić information content (AvgIpc) is 2.09. The molecular weight excluding hydrogens is 152 g/mol. The molecule has 1 N–H and O–H groups in total. The van der Waals surface area contributed by atoms with Crippen molar-refractivity contribution < 1.29 is 9.84 Å². The van der Waals surface area contributed by atoms with Crippen molar-refractivity contribution in [2.45, 2.75) is 13.3 Å². The summed E-state index contributed by atoms with van der Waals surface area (Å²) in [5, 5.41) is 8.76. The minimum absolute atomic E-state index is 0.171. The molecule has 0 aliphatic carbocycles. The lowest BCUT2D eigenvalue weighted by Gasteiger charge is -2.07. The summed E-state index contributed by atoms with van der Waals surface area (Å²) in [7, 11) is 0. The van der Waals surface area contributed by atoms with Crippen LogP contribution in [0, 0.1) is 0 Å². The molecule has 0 aromatic heterocycles. The Balaban J connectivity index is 2.77. The number of rotatable bonds is 4. The van der Waals surface area contributed by atoms with Gasteiger partial charge in [0.2, 0.25) is 0 Å². The van der Waals surface area contributed by atoms with Crippen LogP contribution in [0.15, 0.2) is 24.3 Å². The minimum atomic E-state index is 0.171. The summed E-state index contributed by atoms with van der Waals surface area (Å²) >= 11 is 0. The molecular formula is C10H14O2. The fourth-order valence-corrected chi connectivity index (χ4v) is 1.13. The van der Waals surface area contributed by atoms with E-state index in [1.165, 1.54) is 0 Å². The molecule has 0 spiro atoms. The Morgan fingerprint density at radius 2 is 2.08 bits per heavy atom. The first-order chi connectivity index (χ1) is 5.88. The summed E-state index contributed by atoms with van der Waals surface area (Å²) in [4.78, 5) is 0. The van der Waals surface area contributed by atoms with Crippen LogP contribution in [0.5, 0.6) is 5.75 Å². The van der Waals surface area contributed by atoms with E-state index in [0.29, 0.717) is 13.0 Å². The number of para-hydroxylation sites is 1. The predicted octanol–water partition coefficient (Wildman–Crippen LogP) is 1.62. The first-order valence-electron chi connectivity index (χ1n) is 4.20. The largest absolute Gasteiger partial charge is 0.494 e. The van der Waals surface area contributed by atoms with Gasteiger partial charge in [-0.25, -0.2) is 0 Å². The van der Waals surface area contributed by atoms with E-state index in [4.69, 9.17) is 9.84 Å². The fourth-order valence-electron chi connectivity index (χ4n) is 1.13. The van der Waals surface area contributed by atoms with Crippen LogP contribution in [0.2, 0.25) is 0 Å². The van der Waals surface area contributed by atoms with Gasteiger partial charge in [-0.3, -0.25) is 0 Å². The van der Waals surface area contributed by atoms with Crippen LogP contribution in [0.4, 0.5) is 0 Å².